The van der Waals surface area contributed by atoms with Crippen molar-refractivity contribution in [3.63, 3.8) is 0 Å². The van der Waals surface area contributed by atoms with Crippen molar-refractivity contribution < 1.29 is 23.5 Å². The molecule has 0 saturated heterocycles. The normalized spacial score (nSPS) is 11.0. The highest BCUT2D eigenvalue weighted by Gasteiger charge is 2.22. The molecule has 2 rings (SSSR count). The Hall–Kier alpha value is -3.20. The maximum atomic E-state index is 13.1. The lowest BCUT2D eigenvalue weighted by Crippen LogP contribution is -2.38. The van der Waals surface area contributed by atoms with E-state index >= 15 is 0 Å². The summed E-state index contributed by atoms with van der Waals surface area (Å²) < 4.78 is 18.6. The Balaban J connectivity index is 1.75. The van der Waals surface area contributed by atoms with Crippen LogP contribution in [0.25, 0.3) is 0 Å². The molecule has 0 bridgehead atoms. The molecule has 0 aliphatic rings. The first-order chi connectivity index (χ1) is 16.0. The number of carbonyl (C=O) groups excluding carboxylic acids is 3. The Morgan fingerprint density at radius 2 is 1.91 bits per heavy atom. The maximum absolute atomic E-state index is 13.1. The van der Waals surface area contributed by atoms with Crippen molar-refractivity contribution in [2.45, 2.75) is 45.8 Å². The highest BCUT2D eigenvalue weighted by molar-refractivity contribution is 6.33. The zero-order valence-corrected chi connectivity index (χ0v) is 20.3. The molecule has 0 fully saturated rings. The van der Waals surface area contributed by atoms with E-state index < -0.39 is 23.4 Å². The van der Waals surface area contributed by atoms with Crippen LogP contribution in [0.5, 0.6) is 0 Å². The first-order valence-corrected chi connectivity index (χ1v) is 11.3. The lowest BCUT2D eigenvalue weighted by molar-refractivity contribution is -0.120. The van der Waals surface area contributed by atoms with E-state index in [1.807, 2.05) is 6.07 Å². The van der Waals surface area contributed by atoms with E-state index in [9.17, 15) is 18.8 Å². The number of benzene rings is 1. The molecule has 1 aromatic heterocycles. The number of pyridine rings is 1. The van der Waals surface area contributed by atoms with E-state index in [1.54, 1.807) is 44.1 Å². The minimum absolute atomic E-state index is 0.00257. The average Bonchev–Trinajstić information content (AvgIpc) is 2.75. The minimum Gasteiger partial charge on any atom is -0.444 e. The first-order valence-electron chi connectivity index (χ1n) is 10.9. The van der Waals surface area contributed by atoms with Gasteiger partial charge in [0.25, 0.3) is 5.91 Å². The number of nitrogens with zero attached hydrogens (tertiary/aromatic N) is 2. The zero-order valence-electron chi connectivity index (χ0n) is 19.6. The van der Waals surface area contributed by atoms with E-state index in [0.29, 0.717) is 26.1 Å². The van der Waals surface area contributed by atoms with Crippen LogP contribution in [0.3, 0.4) is 0 Å². The molecule has 0 aliphatic heterocycles. The standard InChI is InChI=1S/C24H30ClFN4O4/c1-24(2,3)34-23(33)30(16-17-6-4-10-27-15-17)13-5-11-28-21(31)9-12-29-22(32)19-8-7-18(26)14-20(19)25/h4,6-8,10,14-15H,5,9,11-13,16H2,1-3H3,(H,28,31)(H,29,32). The number of aromatic nitrogens is 1. The second-order valence-electron chi connectivity index (χ2n) is 8.60. The van der Waals surface area contributed by atoms with Crippen LogP contribution in [-0.2, 0) is 16.1 Å². The van der Waals surface area contributed by atoms with Crippen LogP contribution >= 0.6 is 11.6 Å². The topological polar surface area (TPSA) is 101 Å². The van der Waals surface area contributed by atoms with E-state index in [-0.39, 0.29) is 29.5 Å². The van der Waals surface area contributed by atoms with Gasteiger partial charge in [-0.3, -0.25) is 14.6 Å². The maximum Gasteiger partial charge on any atom is 0.410 e. The second kappa shape index (κ2) is 12.9. The molecule has 1 heterocycles. The molecule has 0 unspecified atom stereocenters. The van der Waals surface area contributed by atoms with Gasteiger partial charge in [-0.1, -0.05) is 17.7 Å². The molecule has 2 aromatic rings. The largest absolute Gasteiger partial charge is 0.444 e. The molecule has 34 heavy (non-hydrogen) atoms. The summed E-state index contributed by atoms with van der Waals surface area (Å²) in [6.07, 6.45) is 3.49. The Labute approximate surface area is 203 Å². The fourth-order valence-corrected chi connectivity index (χ4v) is 3.17. The highest BCUT2D eigenvalue weighted by atomic mass is 35.5. The zero-order chi connectivity index (χ0) is 25.1. The fraction of sp³-hybridized carbons (Fsp3) is 0.417. The number of halogens is 2. The van der Waals surface area contributed by atoms with Crippen molar-refractivity contribution in [2.75, 3.05) is 19.6 Å². The summed E-state index contributed by atoms with van der Waals surface area (Å²) in [5, 5.41) is 5.35. The number of rotatable bonds is 10. The molecule has 1 aromatic carbocycles. The predicted molar refractivity (Wildman–Crippen MR) is 127 cm³/mol. The third-order valence-corrected chi connectivity index (χ3v) is 4.80. The summed E-state index contributed by atoms with van der Waals surface area (Å²) in [4.78, 5) is 42.4. The molecule has 3 amide bonds. The van der Waals surface area contributed by atoms with Crippen molar-refractivity contribution in [3.8, 4) is 0 Å². The van der Waals surface area contributed by atoms with Gasteiger partial charge in [0.15, 0.2) is 0 Å². The summed E-state index contributed by atoms with van der Waals surface area (Å²) in [6.45, 7) is 6.58. The Bertz CT molecular complexity index is 983. The number of ether oxygens (including phenoxy) is 1. The SMILES string of the molecule is CC(C)(C)OC(=O)N(CCCNC(=O)CCNC(=O)c1ccc(F)cc1Cl)Cc1cccnc1. The van der Waals surface area contributed by atoms with Gasteiger partial charge in [-0.05, 0) is 57.0 Å². The third-order valence-electron chi connectivity index (χ3n) is 4.49. The highest BCUT2D eigenvalue weighted by Crippen LogP contribution is 2.17. The summed E-state index contributed by atoms with van der Waals surface area (Å²) in [7, 11) is 0. The predicted octanol–water partition coefficient (Wildman–Crippen LogP) is 3.94. The molecule has 10 heteroatoms. The van der Waals surface area contributed by atoms with Gasteiger partial charge in [-0.15, -0.1) is 0 Å². The van der Waals surface area contributed by atoms with Gasteiger partial charge in [0.1, 0.15) is 11.4 Å². The van der Waals surface area contributed by atoms with Gasteiger partial charge in [-0.2, -0.15) is 0 Å². The molecular weight excluding hydrogens is 463 g/mol. The quantitative estimate of drug-likeness (QED) is 0.489. The molecule has 2 N–H and O–H groups in total. The van der Waals surface area contributed by atoms with Crippen LogP contribution in [0.4, 0.5) is 9.18 Å². The summed E-state index contributed by atoms with van der Waals surface area (Å²) in [5.74, 6) is -1.27. The van der Waals surface area contributed by atoms with Crippen LogP contribution in [-0.4, -0.2) is 53.0 Å². The average molecular weight is 493 g/mol. The molecule has 0 aliphatic carbocycles. The molecule has 0 atom stereocenters. The first kappa shape index (κ1) is 27.0. The second-order valence-corrected chi connectivity index (χ2v) is 9.00. The van der Waals surface area contributed by atoms with Gasteiger partial charge in [0.05, 0.1) is 17.1 Å². The summed E-state index contributed by atoms with van der Waals surface area (Å²) in [5.41, 5.74) is 0.384. The number of hydrogen-bond donors (Lipinski definition) is 2. The Morgan fingerprint density at radius 3 is 2.56 bits per heavy atom. The Kier molecular flexibility index (Phi) is 10.2. The van der Waals surface area contributed by atoms with Crippen molar-refractivity contribution >= 4 is 29.5 Å². The van der Waals surface area contributed by atoms with Gasteiger partial charge < -0.3 is 20.3 Å². The van der Waals surface area contributed by atoms with Crippen LogP contribution in [0, 0.1) is 5.82 Å². The van der Waals surface area contributed by atoms with Crippen molar-refractivity contribution in [3.05, 3.63) is 64.7 Å². The van der Waals surface area contributed by atoms with Crippen LogP contribution in [0.15, 0.2) is 42.7 Å². The number of nitrogens with one attached hydrogen (secondary N) is 2. The van der Waals surface area contributed by atoms with Crippen LogP contribution < -0.4 is 10.6 Å². The lowest BCUT2D eigenvalue weighted by atomic mass is 10.2. The van der Waals surface area contributed by atoms with Gasteiger partial charge in [0.2, 0.25) is 5.91 Å². The smallest absolute Gasteiger partial charge is 0.410 e. The number of amides is 3. The van der Waals surface area contributed by atoms with Gasteiger partial charge >= 0.3 is 6.09 Å². The molecule has 0 radical (unpaired) electrons. The molecule has 184 valence electrons. The van der Waals surface area contributed by atoms with E-state index in [1.165, 1.54) is 6.07 Å². The number of hydrogen-bond acceptors (Lipinski definition) is 5. The van der Waals surface area contributed by atoms with E-state index in [0.717, 1.165) is 17.7 Å². The summed E-state index contributed by atoms with van der Waals surface area (Å²) >= 11 is 5.86. The van der Waals surface area contributed by atoms with E-state index in [4.69, 9.17) is 16.3 Å². The monoisotopic (exact) mass is 492 g/mol. The van der Waals surface area contributed by atoms with Gasteiger partial charge in [-0.25, -0.2) is 9.18 Å². The van der Waals surface area contributed by atoms with Crippen molar-refractivity contribution in [1.29, 1.82) is 0 Å². The summed E-state index contributed by atoms with van der Waals surface area (Å²) in [6, 6.07) is 7.15. The Morgan fingerprint density at radius 1 is 1.15 bits per heavy atom. The van der Waals surface area contributed by atoms with Crippen LogP contribution in [0.2, 0.25) is 5.02 Å². The molecule has 0 spiro atoms. The fourth-order valence-electron chi connectivity index (χ4n) is 2.92. The number of carbonyl (C=O) groups is 3. The minimum atomic E-state index is -0.624. The third kappa shape index (κ3) is 9.74. The molecular formula is C24H30ClFN4O4. The van der Waals surface area contributed by atoms with Crippen molar-refractivity contribution in [1.82, 2.24) is 20.5 Å². The molecule has 8 nitrogen and oxygen atoms in total. The van der Waals surface area contributed by atoms with E-state index in [2.05, 4.69) is 15.6 Å². The van der Waals surface area contributed by atoms with Gasteiger partial charge in [0, 0.05) is 38.4 Å². The van der Waals surface area contributed by atoms with Crippen LogP contribution in [0.1, 0.15) is 49.5 Å². The lowest BCUT2D eigenvalue weighted by Gasteiger charge is -2.27. The van der Waals surface area contributed by atoms with Crippen molar-refractivity contribution in [2.24, 2.45) is 0 Å². The molecule has 0 saturated carbocycles.